The maximum absolute atomic E-state index is 8.85. The van der Waals surface area contributed by atoms with Crippen molar-refractivity contribution >= 4 is 0 Å². The summed E-state index contributed by atoms with van der Waals surface area (Å²) in [5, 5.41) is 8.85. The fourth-order valence-corrected chi connectivity index (χ4v) is 1.90. The van der Waals surface area contributed by atoms with Crippen LogP contribution in [-0.4, -0.2) is 6.10 Å². The number of ether oxygens (including phenoxy) is 1. The average molecular weight is 231 g/mol. The van der Waals surface area contributed by atoms with E-state index in [0.717, 1.165) is 5.75 Å². The topological polar surface area (TPSA) is 33.0 Å². The van der Waals surface area contributed by atoms with E-state index in [1.807, 2.05) is 26.0 Å². The molecule has 1 atom stereocenters. The summed E-state index contributed by atoms with van der Waals surface area (Å²) in [6.07, 6.45) is 0.767. The minimum Gasteiger partial charge on any atom is -0.491 e. The Bertz CT molecular complexity index is 373. The van der Waals surface area contributed by atoms with E-state index in [4.69, 9.17) is 10.00 Å². The smallest absolute Gasteiger partial charge is 0.119 e. The Morgan fingerprint density at radius 1 is 1.12 bits per heavy atom. The Hall–Kier alpha value is -1.49. The third-order valence-electron chi connectivity index (χ3n) is 2.80. The maximum atomic E-state index is 8.85. The summed E-state index contributed by atoms with van der Waals surface area (Å²) in [6, 6.07) is 10.4. The number of nitriles is 1. The summed E-state index contributed by atoms with van der Waals surface area (Å²) >= 11 is 0. The Morgan fingerprint density at radius 3 is 2.12 bits per heavy atom. The van der Waals surface area contributed by atoms with Gasteiger partial charge in [0.15, 0.2) is 0 Å². The Balaban J connectivity index is 2.81. The van der Waals surface area contributed by atoms with E-state index in [1.165, 1.54) is 5.56 Å². The van der Waals surface area contributed by atoms with Gasteiger partial charge in [-0.2, -0.15) is 5.26 Å². The molecule has 0 aliphatic rings. The summed E-state index contributed by atoms with van der Waals surface area (Å²) in [7, 11) is 0. The van der Waals surface area contributed by atoms with Crippen LogP contribution in [0.2, 0.25) is 0 Å². The minimum absolute atomic E-state index is 0.195. The molecule has 0 saturated heterocycles. The van der Waals surface area contributed by atoms with Crippen molar-refractivity contribution in [3.63, 3.8) is 0 Å². The Kier molecular flexibility index (Phi) is 5.03. The summed E-state index contributed by atoms with van der Waals surface area (Å²) in [5.41, 5.74) is 1.22. The van der Waals surface area contributed by atoms with Crippen molar-refractivity contribution in [1.82, 2.24) is 0 Å². The lowest BCUT2D eigenvalue weighted by Gasteiger charge is -2.19. The van der Waals surface area contributed by atoms with E-state index in [-0.39, 0.29) is 6.10 Å². The zero-order valence-corrected chi connectivity index (χ0v) is 11.1. The fraction of sp³-hybridized carbons (Fsp3) is 0.533. The van der Waals surface area contributed by atoms with Crippen molar-refractivity contribution in [3.8, 4) is 11.8 Å². The van der Waals surface area contributed by atoms with Gasteiger partial charge in [-0.05, 0) is 43.4 Å². The molecule has 1 aromatic rings. The van der Waals surface area contributed by atoms with Crippen molar-refractivity contribution in [1.29, 1.82) is 5.26 Å². The summed E-state index contributed by atoms with van der Waals surface area (Å²) in [6.45, 7) is 8.34. The molecule has 0 fully saturated rings. The second-order valence-electron chi connectivity index (χ2n) is 4.95. The number of benzene rings is 1. The van der Waals surface area contributed by atoms with Crippen LogP contribution in [0.3, 0.4) is 0 Å². The molecular weight excluding hydrogens is 210 g/mol. The lowest BCUT2D eigenvalue weighted by atomic mass is 9.86. The normalized spacial score (nSPS) is 12.5. The van der Waals surface area contributed by atoms with Gasteiger partial charge in [0, 0.05) is 6.42 Å². The van der Waals surface area contributed by atoms with Gasteiger partial charge in [-0.3, -0.25) is 0 Å². The molecule has 0 bridgehead atoms. The summed E-state index contributed by atoms with van der Waals surface area (Å²) < 4.78 is 5.60. The molecule has 2 nitrogen and oxygen atoms in total. The van der Waals surface area contributed by atoms with Gasteiger partial charge in [0.25, 0.3) is 0 Å². The van der Waals surface area contributed by atoms with Crippen LogP contribution in [0.25, 0.3) is 0 Å². The van der Waals surface area contributed by atoms with Gasteiger partial charge in [-0.15, -0.1) is 0 Å². The molecule has 17 heavy (non-hydrogen) atoms. The van der Waals surface area contributed by atoms with Crippen LogP contribution < -0.4 is 4.74 Å². The van der Waals surface area contributed by atoms with Crippen molar-refractivity contribution < 1.29 is 4.74 Å². The fourth-order valence-electron chi connectivity index (χ4n) is 1.90. The SMILES string of the molecule is CC(C)Oc1ccc([C@H](CC#N)C(C)C)cc1. The van der Waals surface area contributed by atoms with Crippen LogP contribution in [0, 0.1) is 17.2 Å². The highest BCUT2D eigenvalue weighted by Gasteiger charge is 2.15. The first-order valence-electron chi connectivity index (χ1n) is 6.18. The number of hydrogen-bond acceptors (Lipinski definition) is 2. The van der Waals surface area contributed by atoms with Crippen molar-refractivity contribution in [2.45, 2.75) is 46.1 Å². The molecular formula is C15H21NO. The predicted molar refractivity (Wildman–Crippen MR) is 70.0 cm³/mol. The number of rotatable bonds is 5. The highest BCUT2D eigenvalue weighted by atomic mass is 16.5. The van der Waals surface area contributed by atoms with E-state index in [0.29, 0.717) is 18.3 Å². The Labute approximate surface area is 104 Å². The molecule has 0 heterocycles. The van der Waals surface area contributed by atoms with Crippen molar-refractivity contribution in [2.75, 3.05) is 0 Å². The zero-order chi connectivity index (χ0) is 12.8. The van der Waals surface area contributed by atoms with Gasteiger partial charge in [-0.25, -0.2) is 0 Å². The lowest BCUT2D eigenvalue weighted by molar-refractivity contribution is 0.242. The maximum Gasteiger partial charge on any atom is 0.119 e. The average Bonchev–Trinajstić information content (AvgIpc) is 2.26. The second kappa shape index (κ2) is 6.30. The molecule has 0 radical (unpaired) electrons. The van der Waals surface area contributed by atoms with Crippen molar-refractivity contribution in [3.05, 3.63) is 29.8 Å². The van der Waals surface area contributed by atoms with E-state index in [2.05, 4.69) is 32.0 Å². The molecule has 2 heteroatoms. The standard InChI is InChI=1S/C15H21NO/c1-11(2)15(9-10-16)13-5-7-14(8-6-13)17-12(3)4/h5-8,11-12,15H,9H2,1-4H3/t15-/m1/s1. The van der Waals surface area contributed by atoms with Crippen LogP contribution in [0.4, 0.5) is 0 Å². The first kappa shape index (κ1) is 13.6. The minimum atomic E-state index is 0.195. The van der Waals surface area contributed by atoms with E-state index < -0.39 is 0 Å². The first-order valence-corrected chi connectivity index (χ1v) is 6.18. The van der Waals surface area contributed by atoms with Crippen LogP contribution in [0.1, 0.15) is 45.6 Å². The quantitative estimate of drug-likeness (QED) is 0.763. The van der Waals surface area contributed by atoms with E-state index in [9.17, 15) is 0 Å². The van der Waals surface area contributed by atoms with Gasteiger partial charge < -0.3 is 4.74 Å². The van der Waals surface area contributed by atoms with Crippen LogP contribution in [-0.2, 0) is 0 Å². The predicted octanol–water partition coefficient (Wildman–Crippen LogP) is 4.13. The zero-order valence-electron chi connectivity index (χ0n) is 11.1. The molecule has 1 aromatic carbocycles. The van der Waals surface area contributed by atoms with Crippen LogP contribution in [0.15, 0.2) is 24.3 Å². The molecule has 0 unspecified atom stereocenters. The molecule has 0 spiro atoms. The molecule has 0 aliphatic heterocycles. The van der Waals surface area contributed by atoms with Gasteiger partial charge >= 0.3 is 0 Å². The largest absolute Gasteiger partial charge is 0.491 e. The molecule has 0 N–H and O–H groups in total. The molecule has 0 aromatic heterocycles. The van der Waals surface area contributed by atoms with Gasteiger partial charge in [0.05, 0.1) is 12.2 Å². The molecule has 0 aliphatic carbocycles. The van der Waals surface area contributed by atoms with Crippen LogP contribution >= 0.6 is 0 Å². The lowest BCUT2D eigenvalue weighted by Crippen LogP contribution is -2.07. The third kappa shape index (κ3) is 4.11. The summed E-state index contributed by atoms with van der Waals surface area (Å²) in [4.78, 5) is 0. The van der Waals surface area contributed by atoms with Gasteiger partial charge in [0.1, 0.15) is 5.75 Å². The molecule has 0 saturated carbocycles. The van der Waals surface area contributed by atoms with E-state index in [1.54, 1.807) is 0 Å². The highest BCUT2D eigenvalue weighted by Crippen LogP contribution is 2.28. The van der Waals surface area contributed by atoms with Gasteiger partial charge in [0.2, 0.25) is 0 Å². The van der Waals surface area contributed by atoms with Crippen molar-refractivity contribution in [2.24, 2.45) is 5.92 Å². The second-order valence-corrected chi connectivity index (χ2v) is 4.95. The van der Waals surface area contributed by atoms with Crippen LogP contribution in [0.5, 0.6) is 5.75 Å². The van der Waals surface area contributed by atoms with E-state index >= 15 is 0 Å². The monoisotopic (exact) mass is 231 g/mol. The summed E-state index contributed by atoms with van der Waals surface area (Å²) in [5.74, 6) is 1.68. The van der Waals surface area contributed by atoms with Gasteiger partial charge in [-0.1, -0.05) is 26.0 Å². The number of hydrogen-bond donors (Lipinski definition) is 0. The molecule has 92 valence electrons. The highest BCUT2D eigenvalue weighted by molar-refractivity contribution is 5.30. The number of nitrogens with zero attached hydrogens (tertiary/aromatic N) is 1. The third-order valence-corrected chi connectivity index (χ3v) is 2.80. The molecule has 0 amide bonds. The Morgan fingerprint density at radius 2 is 1.71 bits per heavy atom. The first-order chi connectivity index (χ1) is 8.04. The molecule has 1 rings (SSSR count).